The molecule has 0 saturated carbocycles. The van der Waals surface area contributed by atoms with E-state index in [1.54, 1.807) is 13.8 Å². The first kappa shape index (κ1) is 15.6. The predicted molar refractivity (Wildman–Crippen MR) is 49.2 cm³/mol. The number of hydrogen-bond acceptors (Lipinski definition) is 0. The molecule has 0 nitrogen and oxygen atoms in total. The van der Waals surface area contributed by atoms with Crippen molar-refractivity contribution < 1.29 is 68.7 Å². The molecular formula is C9H10BF4K. The number of benzene rings is 1. The van der Waals surface area contributed by atoms with Gasteiger partial charge < -0.3 is 12.9 Å². The van der Waals surface area contributed by atoms with Crippen LogP contribution in [0.25, 0.3) is 0 Å². The molecule has 15 heavy (non-hydrogen) atoms. The van der Waals surface area contributed by atoms with Crippen LogP contribution in [0, 0.1) is 5.82 Å². The van der Waals surface area contributed by atoms with Crippen molar-refractivity contribution in [2.45, 2.75) is 19.8 Å². The largest absolute Gasteiger partial charge is 1.00 e. The standard InChI is InChI=1S/C9H10BF4.K/c1-6(2)8-5-7(10(12,13)14)3-4-9(8)11;/h3-6H,1-2H3;/q-1;+1. The Kier molecular flexibility index (Phi) is 6.07. The fourth-order valence-corrected chi connectivity index (χ4v) is 1.21. The molecule has 0 amide bonds. The van der Waals surface area contributed by atoms with Gasteiger partial charge in [0.05, 0.1) is 0 Å². The Hall–Kier alpha value is 0.641. The Bertz CT molecular complexity index is 335. The molecule has 78 valence electrons. The smallest absolute Gasteiger partial charge is 0.445 e. The monoisotopic (exact) mass is 244 g/mol. The van der Waals surface area contributed by atoms with Crippen LogP contribution in [0.4, 0.5) is 17.3 Å². The van der Waals surface area contributed by atoms with Crippen LogP contribution in [-0.2, 0) is 0 Å². The Balaban J connectivity index is 0.00000196. The van der Waals surface area contributed by atoms with E-state index in [1.165, 1.54) is 0 Å². The van der Waals surface area contributed by atoms with Gasteiger partial charge in [-0.2, -0.15) is 0 Å². The van der Waals surface area contributed by atoms with E-state index in [4.69, 9.17) is 0 Å². The van der Waals surface area contributed by atoms with Crippen molar-refractivity contribution in [3.63, 3.8) is 0 Å². The Morgan fingerprint density at radius 2 is 1.67 bits per heavy atom. The van der Waals surface area contributed by atoms with Gasteiger partial charge in [0.25, 0.3) is 0 Å². The second kappa shape index (κ2) is 5.82. The van der Waals surface area contributed by atoms with Crippen LogP contribution in [0.3, 0.4) is 0 Å². The molecule has 0 fully saturated rings. The molecule has 6 heteroatoms. The van der Waals surface area contributed by atoms with Gasteiger partial charge >= 0.3 is 58.4 Å². The van der Waals surface area contributed by atoms with E-state index in [0.29, 0.717) is 0 Å². The molecule has 0 aliphatic rings. The van der Waals surface area contributed by atoms with Crippen molar-refractivity contribution in [3.05, 3.63) is 29.6 Å². The van der Waals surface area contributed by atoms with E-state index < -0.39 is 18.3 Å². The van der Waals surface area contributed by atoms with Crippen molar-refractivity contribution >= 4 is 12.4 Å². The SMILES string of the molecule is CC(C)c1cc([B-](F)(F)F)ccc1F.[K+]. The molecule has 0 saturated heterocycles. The Labute approximate surface area is 129 Å². The maximum atomic E-state index is 13.0. The second-order valence-electron chi connectivity index (χ2n) is 3.51. The van der Waals surface area contributed by atoms with Gasteiger partial charge in [0, 0.05) is 0 Å². The molecule has 0 aromatic heterocycles. The summed E-state index contributed by atoms with van der Waals surface area (Å²) >= 11 is 0. The van der Waals surface area contributed by atoms with Crippen molar-refractivity contribution in [3.8, 4) is 0 Å². The minimum absolute atomic E-state index is 0. The molecule has 0 radical (unpaired) electrons. The van der Waals surface area contributed by atoms with Crippen molar-refractivity contribution in [1.82, 2.24) is 0 Å². The van der Waals surface area contributed by atoms with E-state index in [1.807, 2.05) is 0 Å². The topological polar surface area (TPSA) is 0 Å². The van der Waals surface area contributed by atoms with Crippen LogP contribution in [0.5, 0.6) is 0 Å². The summed E-state index contributed by atoms with van der Waals surface area (Å²) in [6.07, 6.45) is 0. The van der Waals surface area contributed by atoms with E-state index in [2.05, 4.69) is 0 Å². The molecule has 0 N–H and O–H groups in total. The summed E-state index contributed by atoms with van der Waals surface area (Å²) in [6.45, 7) is -1.72. The van der Waals surface area contributed by atoms with Crippen LogP contribution >= 0.6 is 0 Å². The second-order valence-corrected chi connectivity index (χ2v) is 3.51. The molecule has 0 atom stereocenters. The van der Waals surface area contributed by atoms with Gasteiger partial charge in [0.2, 0.25) is 0 Å². The van der Waals surface area contributed by atoms with Gasteiger partial charge in [-0.3, -0.25) is 0 Å². The van der Waals surface area contributed by atoms with Gasteiger partial charge in [-0.15, -0.1) is 5.46 Å². The van der Waals surface area contributed by atoms with Gasteiger partial charge in [-0.25, -0.2) is 4.39 Å². The van der Waals surface area contributed by atoms with Crippen molar-refractivity contribution in [2.24, 2.45) is 0 Å². The molecule has 1 rings (SSSR count). The Morgan fingerprint density at radius 1 is 1.13 bits per heavy atom. The fraction of sp³-hybridized carbons (Fsp3) is 0.333. The van der Waals surface area contributed by atoms with Crippen molar-refractivity contribution in [2.75, 3.05) is 0 Å². The van der Waals surface area contributed by atoms with Crippen LogP contribution in [0.1, 0.15) is 25.3 Å². The first-order valence-electron chi connectivity index (χ1n) is 4.31. The molecule has 1 aromatic carbocycles. The summed E-state index contributed by atoms with van der Waals surface area (Å²) in [5, 5.41) is 0. The summed E-state index contributed by atoms with van der Waals surface area (Å²) in [7, 11) is 0. The maximum Gasteiger partial charge on any atom is 1.00 e. The fourth-order valence-electron chi connectivity index (χ4n) is 1.21. The average molecular weight is 244 g/mol. The zero-order chi connectivity index (χ0) is 10.9. The summed E-state index contributed by atoms with van der Waals surface area (Å²) < 4.78 is 50.0. The molecule has 0 aliphatic carbocycles. The molecule has 0 bridgehead atoms. The molecule has 0 unspecified atom stereocenters. The first-order valence-corrected chi connectivity index (χ1v) is 4.31. The van der Waals surface area contributed by atoms with Crippen molar-refractivity contribution in [1.29, 1.82) is 0 Å². The molecule has 0 spiro atoms. The maximum absolute atomic E-state index is 13.0. The normalized spacial score (nSPS) is 11.4. The summed E-state index contributed by atoms with van der Waals surface area (Å²) in [6, 6.07) is 2.54. The van der Waals surface area contributed by atoms with Crippen LogP contribution in [0.15, 0.2) is 18.2 Å². The summed E-state index contributed by atoms with van der Waals surface area (Å²) in [4.78, 5) is 0. The Morgan fingerprint density at radius 3 is 2.07 bits per heavy atom. The van der Waals surface area contributed by atoms with Gasteiger partial charge in [0.15, 0.2) is 0 Å². The van der Waals surface area contributed by atoms with Gasteiger partial charge in [-0.05, 0) is 17.5 Å². The zero-order valence-corrected chi connectivity index (χ0v) is 12.0. The quantitative estimate of drug-likeness (QED) is 0.507. The molecular weight excluding hydrogens is 234 g/mol. The summed E-state index contributed by atoms with van der Waals surface area (Å²) in [5.74, 6) is -0.822. The average Bonchev–Trinajstić information content (AvgIpc) is 2.02. The predicted octanol–water partition coefficient (Wildman–Crippen LogP) is 0.00750. The molecule has 1 aromatic rings. The first-order chi connectivity index (χ1) is 6.32. The zero-order valence-electron chi connectivity index (χ0n) is 8.90. The van der Waals surface area contributed by atoms with Gasteiger partial charge in [-0.1, -0.05) is 26.0 Å². The third kappa shape index (κ3) is 4.19. The van der Waals surface area contributed by atoms with E-state index >= 15 is 0 Å². The summed E-state index contributed by atoms with van der Waals surface area (Å²) in [5.41, 5.74) is -0.628. The number of hydrogen-bond donors (Lipinski definition) is 0. The van der Waals surface area contributed by atoms with Crippen LogP contribution < -0.4 is 56.8 Å². The van der Waals surface area contributed by atoms with E-state index in [0.717, 1.165) is 18.2 Å². The molecule has 0 heterocycles. The third-order valence-electron chi connectivity index (χ3n) is 2.02. The third-order valence-corrected chi connectivity index (χ3v) is 2.02. The van der Waals surface area contributed by atoms with E-state index in [9.17, 15) is 17.3 Å². The van der Waals surface area contributed by atoms with Crippen LogP contribution in [-0.4, -0.2) is 6.98 Å². The van der Waals surface area contributed by atoms with Crippen LogP contribution in [0.2, 0.25) is 0 Å². The van der Waals surface area contributed by atoms with Gasteiger partial charge in [0.1, 0.15) is 5.82 Å². The van der Waals surface area contributed by atoms with E-state index in [-0.39, 0.29) is 62.9 Å². The minimum atomic E-state index is -5.03. The number of rotatable bonds is 2. The number of halogens is 4. The molecule has 0 aliphatic heterocycles. The minimum Gasteiger partial charge on any atom is -0.445 e.